The Bertz CT molecular complexity index is 864. The van der Waals surface area contributed by atoms with Crippen LogP contribution in [0.25, 0.3) is 0 Å². The lowest BCUT2D eigenvalue weighted by molar-refractivity contribution is -0.133. The van der Waals surface area contributed by atoms with Crippen molar-refractivity contribution < 1.29 is 22.9 Å². The zero-order chi connectivity index (χ0) is 19.4. The third kappa shape index (κ3) is 4.60. The second-order valence-corrected chi connectivity index (χ2v) is 6.41. The van der Waals surface area contributed by atoms with E-state index in [-0.39, 0.29) is 30.2 Å². The maximum Gasteiger partial charge on any atom is 0.280 e. The van der Waals surface area contributed by atoms with Gasteiger partial charge in [0, 0.05) is 37.9 Å². The van der Waals surface area contributed by atoms with Crippen LogP contribution in [-0.4, -0.2) is 35.0 Å². The van der Waals surface area contributed by atoms with Gasteiger partial charge in [-0.15, -0.1) is 0 Å². The number of amides is 2. The number of carbonyl (C=O) groups excluding carboxylic acids is 2. The maximum atomic E-state index is 13.5. The fourth-order valence-corrected chi connectivity index (χ4v) is 3.11. The highest BCUT2D eigenvalue weighted by atomic mass is 19.1. The van der Waals surface area contributed by atoms with Gasteiger partial charge in [0.25, 0.3) is 5.56 Å². The number of hydrogen-bond donors (Lipinski definition) is 2. The van der Waals surface area contributed by atoms with Gasteiger partial charge in [-0.3, -0.25) is 14.4 Å². The summed E-state index contributed by atoms with van der Waals surface area (Å²) in [5.41, 5.74) is -0.801. The number of carbonyl (C=O) groups is 2. The van der Waals surface area contributed by atoms with E-state index in [1.54, 1.807) is 4.90 Å². The first-order valence-corrected chi connectivity index (χ1v) is 8.64. The molecule has 0 aliphatic carbocycles. The Balaban J connectivity index is 1.46. The van der Waals surface area contributed by atoms with Gasteiger partial charge in [0.1, 0.15) is 23.1 Å². The van der Waals surface area contributed by atoms with Crippen LogP contribution in [0, 0.1) is 11.6 Å². The minimum Gasteiger partial charge on any atom is -0.383 e. The monoisotopic (exact) mass is 379 g/mol. The first-order valence-electron chi connectivity index (χ1n) is 8.64. The third-order valence-corrected chi connectivity index (χ3v) is 4.59. The molecule has 0 radical (unpaired) electrons. The summed E-state index contributed by atoms with van der Waals surface area (Å²) in [6.45, 7) is 0.976. The Hall–Kier alpha value is -2.97. The predicted molar refractivity (Wildman–Crippen MR) is 92.1 cm³/mol. The molecule has 27 heavy (non-hydrogen) atoms. The topological polar surface area (TPSA) is 95.4 Å². The highest BCUT2D eigenvalue weighted by Crippen LogP contribution is 2.27. The van der Waals surface area contributed by atoms with E-state index in [1.807, 2.05) is 0 Å². The molecule has 1 aliphatic heterocycles. The number of aromatic nitrogens is 1. The van der Waals surface area contributed by atoms with Crippen molar-refractivity contribution in [1.29, 1.82) is 0 Å². The predicted octanol–water partition coefficient (Wildman–Crippen LogP) is 2.37. The van der Waals surface area contributed by atoms with E-state index in [1.165, 1.54) is 12.1 Å². The molecule has 3 rings (SSSR count). The molecule has 2 amide bonds. The Morgan fingerprint density at radius 2 is 1.85 bits per heavy atom. The third-order valence-electron chi connectivity index (χ3n) is 4.59. The van der Waals surface area contributed by atoms with E-state index >= 15 is 0 Å². The van der Waals surface area contributed by atoms with Gasteiger partial charge in [-0.05, 0) is 25.0 Å². The number of para-hydroxylation sites is 1. The molecule has 0 spiro atoms. The minimum absolute atomic E-state index is 0.0498. The van der Waals surface area contributed by atoms with Gasteiger partial charge in [0.15, 0.2) is 0 Å². The number of hydrogen-bond acceptors (Lipinski definition) is 4. The normalized spacial score (nSPS) is 15.0. The number of nitrogens with zero attached hydrogens (tertiary/aromatic N) is 1. The lowest BCUT2D eigenvalue weighted by Crippen LogP contribution is -2.38. The van der Waals surface area contributed by atoms with Crippen LogP contribution < -0.4 is 10.9 Å². The zero-order valence-corrected chi connectivity index (χ0v) is 14.5. The van der Waals surface area contributed by atoms with Crippen LogP contribution >= 0.6 is 0 Å². The summed E-state index contributed by atoms with van der Waals surface area (Å²) in [7, 11) is 0. The number of rotatable bonds is 5. The van der Waals surface area contributed by atoms with Gasteiger partial charge in [-0.25, -0.2) is 8.78 Å². The van der Waals surface area contributed by atoms with Crippen molar-refractivity contribution in [3.63, 3.8) is 0 Å². The van der Waals surface area contributed by atoms with E-state index in [9.17, 15) is 23.2 Å². The van der Waals surface area contributed by atoms with E-state index in [0.717, 1.165) is 12.1 Å². The Kier molecular flexibility index (Phi) is 5.68. The van der Waals surface area contributed by atoms with Crippen LogP contribution in [0.15, 0.2) is 33.6 Å². The van der Waals surface area contributed by atoms with E-state index in [0.29, 0.717) is 31.7 Å². The quantitative estimate of drug-likeness (QED) is 0.834. The molecule has 0 bridgehead atoms. The van der Waals surface area contributed by atoms with Gasteiger partial charge in [-0.2, -0.15) is 5.16 Å². The highest BCUT2D eigenvalue weighted by Gasteiger charge is 2.26. The van der Waals surface area contributed by atoms with Crippen LogP contribution in [0.2, 0.25) is 0 Å². The summed E-state index contributed by atoms with van der Waals surface area (Å²) >= 11 is 0. The van der Waals surface area contributed by atoms with Crippen LogP contribution in [0.1, 0.15) is 37.4 Å². The largest absolute Gasteiger partial charge is 0.383 e. The number of halogens is 2. The van der Waals surface area contributed by atoms with E-state index < -0.39 is 23.2 Å². The average molecular weight is 379 g/mol. The van der Waals surface area contributed by atoms with Gasteiger partial charge >= 0.3 is 0 Å². The second kappa shape index (κ2) is 8.15. The molecule has 1 aromatic heterocycles. The SMILES string of the molecule is O=C(CCC(=O)N1CCC(c2cc(=O)[nH]o2)CC1)Nc1c(F)cccc1F. The van der Waals surface area contributed by atoms with E-state index in [4.69, 9.17) is 4.52 Å². The van der Waals surface area contributed by atoms with Gasteiger partial charge < -0.3 is 14.7 Å². The van der Waals surface area contributed by atoms with Gasteiger partial charge in [0.2, 0.25) is 11.8 Å². The Labute approximate surface area is 153 Å². The molecular weight excluding hydrogens is 360 g/mol. The van der Waals surface area contributed by atoms with Crippen molar-refractivity contribution >= 4 is 17.5 Å². The lowest BCUT2D eigenvalue weighted by atomic mass is 9.94. The van der Waals surface area contributed by atoms with Crippen molar-refractivity contribution in [2.24, 2.45) is 0 Å². The summed E-state index contributed by atoms with van der Waals surface area (Å²) in [6, 6.07) is 4.70. The molecule has 2 N–H and O–H groups in total. The Morgan fingerprint density at radius 1 is 1.19 bits per heavy atom. The van der Waals surface area contributed by atoms with Crippen molar-refractivity contribution in [1.82, 2.24) is 10.1 Å². The van der Waals surface area contributed by atoms with Crippen LogP contribution in [0.5, 0.6) is 0 Å². The van der Waals surface area contributed by atoms with Crippen molar-refractivity contribution in [3.05, 3.63) is 52.0 Å². The standard InChI is InChI=1S/C18H19F2N3O4/c19-12-2-1-3-13(20)18(12)21-15(24)4-5-17(26)23-8-6-11(7-9-23)14-10-16(25)22-27-14/h1-3,10-11H,4-9H2,(H,21,24)(H,22,25). The smallest absolute Gasteiger partial charge is 0.280 e. The lowest BCUT2D eigenvalue weighted by Gasteiger charge is -2.30. The fraction of sp³-hybridized carbons (Fsp3) is 0.389. The summed E-state index contributed by atoms with van der Waals surface area (Å²) in [4.78, 5) is 36.9. The molecule has 1 aliphatic rings. The minimum atomic E-state index is -0.867. The molecule has 0 saturated carbocycles. The van der Waals surface area contributed by atoms with Gasteiger partial charge in [0.05, 0.1) is 0 Å². The first kappa shape index (κ1) is 18.8. The molecule has 9 heteroatoms. The van der Waals surface area contributed by atoms with Crippen molar-refractivity contribution in [2.75, 3.05) is 18.4 Å². The van der Waals surface area contributed by atoms with Crippen molar-refractivity contribution in [3.8, 4) is 0 Å². The molecule has 1 fully saturated rings. The average Bonchev–Trinajstić information content (AvgIpc) is 3.09. The number of likely N-dealkylation sites (tertiary alicyclic amines) is 1. The molecule has 1 aromatic carbocycles. The number of piperidine rings is 1. The van der Waals surface area contributed by atoms with Crippen LogP contribution in [0.3, 0.4) is 0 Å². The fourth-order valence-electron chi connectivity index (χ4n) is 3.11. The summed E-state index contributed by atoms with van der Waals surface area (Å²) in [5.74, 6) is -1.91. The first-order chi connectivity index (χ1) is 12.9. The molecule has 2 heterocycles. The zero-order valence-electron chi connectivity index (χ0n) is 14.5. The summed E-state index contributed by atoms with van der Waals surface area (Å²) < 4.78 is 32.1. The molecule has 7 nitrogen and oxygen atoms in total. The van der Waals surface area contributed by atoms with Crippen LogP contribution in [-0.2, 0) is 9.59 Å². The number of nitrogens with one attached hydrogen (secondary N) is 2. The van der Waals surface area contributed by atoms with Crippen LogP contribution in [0.4, 0.5) is 14.5 Å². The number of anilines is 1. The summed E-state index contributed by atoms with van der Waals surface area (Å²) in [6.07, 6.45) is 1.09. The summed E-state index contributed by atoms with van der Waals surface area (Å²) in [5, 5.41) is 4.41. The second-order valence-electron chi connectivity index (χ2n) is 6.41. The Morgan fingerprint density at radius 3 is 2.44 bits per heavy atom. The molecule has 144 valence electrons. The van der Waals surface area contributed by atoms with Crippen molar-refractivity contribution in [2.45, 2.75) is 31.6 Å². The van der Waals surface area contributed by atoms with E-state index in [2.05, 4.69) is 10.5 Å². The maximum absolute atomic E-state index is 13.5. The number of H-pyrrole nitrogens is 1. The molecule has 2 aromatic rings. The number of benzene rings is 1. The number of aromatic amines is 1. The molecular formula is C18H19F2N3O4. The van der Waals surface area contributed by atoms with Gasteiger partial charge in [-0.1, -0.05) is 6.07 Å². The molecule has 0 atom stereocenters. The molecule has 0 unspecified atom stereocenters. The molecule has 1 saturated heterocycles. The highest BCUT2D eigenvalue weighted by molar-refractivity contribution is 5.93.